The topological polar surface area (TPSA) is 84.5 Å². The summed E-state index contributed by atoms with van der Waals surface area (Å²) < 4.78 is 33.8. The standard InChI is InChI=1S/C22H28N2O4S/c1-2-28-19-12-14-20(15-13-19)29(26,27)24-21(16-17-8-4-3-5-9-17)22(25)23-18-10-6-7-11-18/h3-5,8-9,12-15,18,21,24H,2,6-7,10-11,16H2,1H3,(H,23,25). The molecule has 1 fully saturated rings. The van der Waals surface area contributed by atoms with Gasteiger partial charge >= 0.3 is 0 Å². The normalized spacial score (nSPS) is 15.8. The van der Waals surface area contributed by atoms with Crippen LogP contribution in [0.3, 0.4) is 0 Å². The van der Waals surface area contributed by atoms with Gasteiger partial charge in [0.25, 0.3) is 0 Å². The Morgan fingerprint density at radius 1 is 1.07 bits per heavy atom. The molecular formula is C22H28N2O4S. The molecule has 1 amide bonds. The zero-order chi connectivity index (χ0) is 20.7. The summed E-state index contributed by atoms with van der Waals surface area (Å²) in [7, 11) is -3.86. The van der Waals surface area contributed by atoms with Gasteiger partial charge in [-0.3, -0.25) is 4.79 Å². The number of sulfonamides is 1. The third-order valence-electron chi connectivity index (χ3n) is 5.04. The van der Waals surface area contributed by atoms with E-state index < -0.39 is 16.1 Å². The van der Waals surface area contributed by atoms with Crippen LogP contribution >= 0.6 is 0 Å². The van der Waals surface area contributed by atoms with E-state index in [1.807, 2.05) is 37.3 Å². The molecule has 0 aliphatic heterocycles. The van der Waals surface area contributed by atoms with Crippen molar-refractivity contribution in [3.63, 3.8) is 0 Å². The van der Waals surface area contributed by atoms with Gasteiger partial charge in [0.2, 0.25) is 15.9 Å². The van der Waals surface area contributed by atoms with Crippen LogP contribution in [0.25, 0.3) is 0 Å². The molecule has 1 atom stereocenters. The van der Waals surface area contributed by atoms with Gasteiger partial charge in [0.15, 0.2) is 0 Å². The molecule has 1 saturated carbocycles. The summed E-state index contributed by atoms with van der Waals surface area (Å²) in [5.41, 5.74) is 0.897. The Hall–Kier alpha value is -2.38. The number of ether oxygens (including phenoxy) is 1. The van der Waals surface area contributed by atoms with E-state index in [1.165, 1.54) is 12.1 Å². The number of benzene rings is 2. The number of hydrogen-bond donors (Lipinski definition) is 2. The van der Waals surface area contributed by atoms with Crippen molar-refractivity contribution < 1.29 is 17.9 Å². The highest BCUT2D eigenvalue weighted by Crippen LogP contribution is 2.19. The second kappa shape index (κ2) is 9.89. The van der Waals surface area contributed by atoms with Crippen LogP contribution in [0.2, 0.25) is 0 Å². The van der Waals surface area contributed by atoms with Crippen LogP contribution in [0.1, 0.15) is 38.2 Å². The van der Waals surface area contributed by atoms with Gasteiger partial charge in [0.1, 0.15) is 11.8 Å². The lowest BCUT2D eigenvalue weighted by molar-refractivity contribution is -0.123. The minimum atomic E-state index is -3.86. The van der Waals surface area contributed by atoms with Crippen molar-refractivity contribution in [2.75, 3.05) is 6.61 Å². The molecule has 156 valence electrons. The van der Waals surface area contributed by atoms with Crippen molar-refractivity contribution in [2.24, 2.45) is 0 Å². The smallest absolute Gasteiger partial charge is 0.241 e. The molecule has 0 saturated heterocycles. The predicted octanol–water partition coefficient (Wildman–Crippen LogP) is 3.03. The van der Waals surface area contributed by atoms with E-state index in [9.17, 15) is 13.2 Å². The van der Waals surface area contributed by atoms with E-state index in [1.54, 1.807) is 12.1 Å². The summed E-state index contributed by atoms with van der Waals surface area (Å²) in [6.07, 6.45) is 4.35. The molecule has 0 spiro atoms. The van der Waals surface area contributed by atoms with Gasteiger partial charge in [-0.2, -0.15) is 4.72 Å². The van der Waals surface area contributed by atoms with Crippen LogP contribution in [-0.2, 0) is 21.2 Å². The van der Waals surface area contributed by atoms with Crippen molar-refractivity contribution in [1.82, 2.24) is 10.0 Å². The molecule has 7 heteroatoms. The summed E-state index contributed by atoms with van der Waals surface area (Å²) in [5, 5.41) is 3.01. The molecule has 2 N–H and O–H groups in total. The number of amides is 1. The van der Waals surface area contributed by atoms with E-state index in [4.69, 9.17) is 4.74 Å². The lowest BCUT2D eigenvalue weighted by Gasteiger charge is -2.21. The molecule has 2 aromatic rings. The first kappa shape index (κ1) is 21.3. The highest BCUT2D eigenvalue weighted by molar-refractivity contribution is 7.89. The largest absolute Gasteiger partial charge is 0.494 e. The average molecular weight is 417 g/mol. The summed E-state index contributed by atoms with van der Waals surface area (Å²) >= 11 is 0. The zero-order valence-electron chi connectivity index (χ0n) is 16.6. The second-order valence-electron chi connectivity index (χ2n) is 7.26. The highest BCUT2D eigenvalue weighted by atomic mass is 32.2. The van der Waals surface area contributed by atoms with Gasteiger partial charge in [-0.1, -0.05) is 43.2 Å². The molecule has 3 rings (SSSR count). The maximum absolute atomic E-state index is 12.9. The van der Waals surface area contributed by atoms with Gasteiger partial charge in [-0.25, -0.2) is 8.42 Å². The fourth-order valence-corrected chi connectivity index (χ4v) is 4.74. The number of rotatable bonds is 9. The summed E-state index contributed by atoms with van der Waals surface area (Å²) in [6.45, 7) is 2.37. The minimum absolute atomic E-state index is 0.104. The fourth-order valence-electron chi connectivity index (χ4n) is 3.55. The maximum atomic E-state index is 12.9. The predicted molar refractivity (Wildman–Crippen MR) is 112 cm³/mol. The lowest BCUT2D eigenvalue weighted by atomic mass is 10.1. The van der Waals surface area contributed by atoms with Gasteiger partial charge in [0.05, 0.1) is 11.5 Å². The van der Waals surface area contributed by atoms with Crippen molar-refractivity contribution in [1.29, 1.82) is 0 Å². The molecule has 6 nitrogen and oxygen atoms in total. The fraction of sp³-hybridized carbons (Fsp3) is 0.409. The van der Waals surface area contributed by atoms with Gasteiger partial charge in [-0.15, -0.1) is 0 Å². The number of nitrogens with one attached hydrogen (secondary N) is 2. The van der Waals surface area contributed by atoms with Crippen LogP contribution in [-0.4, -0.2) is 33.0 Å². The maximum Gasteiger partial charge on any atom is 0.241 e. The molecule has 1 aliphatic carbocycles. The van der Waals surface area contributed by atoms with E-state index in [2.05, 4.69) is 10.0 Å². The average Bonchev–Trinajstić information content (AvgIpc) is 3.22. The van der Waals surface area contributed by atoms with Crippen LogP contribution in [0.4, 0.5) is 0 Å². The Labute approximate surface area is 172 Å². The molecular weight excluding hydrogens is 388 g/mol. The Morgan fingerprint density at radius 3 is 2.34 bits per heavy atom. The Balaban J connectivity index is 1.77. The molecule has 1 unspecified atom stereocenters. The summed E-state index contributed by atoms with van der Waals surface area (Å²) in [6, 6.07) is 14.9. The molecule has 2 aromatic carbocycles. The Bertz CT molecular complexity index is 892. The molecule has 29 heavy (non-hydrogen) atoms. The molecule has 0 radical (unpaired) electrons. The number of carbonyl (C=O) groups is 1. The first-order valence-corrected chi connectivity index (χ1v) is 11.6. The second-order valence-corrected chi connectivity index (χ2v) is 8.97. The third kappa shape index (κ3) is 6.05. The van der Waals surface area contributed by atoms with Crippen LogP contribution in [0.5, 0.6) is 5.75 Å². The van der Waals surface area contributed by atoms with E-state index >= 15 is 0 Å². The van der Waals surface area contributed by atoms with Crippen molar-refractivity contribution >= 4 is 15.9 Å². The van der Waals surface area contributed by atoms with Crippen LogP contribution in [0, 0.1) is 0 Å². The summed E-state index contributed by atoms with van der Waals surface area (Å²) in [4.78, 5) is 13.0. The van der Waals surface area contributed by atoms with E-state index in [-0.39, 0.29) is 23.3 Å². The lowest BCUT2D eigenvalue weighted by Crippen LogP contribution is -2.50. The molecule has 1 aliphatic rings. The van der Waals surface area contributed by atoms with Gasteiger partial charge in [0, 0.05) is 6.04 Å². The van der Waals surface area contributed by atoms with E-state index in [0.717, 1.165) is 31.2 Å². The minimum Gasteiger partial charge on any atom is -0.494 e. The summed E-state index contributed by atoms with van der Waals surface area (Å²) in [5.74, 6) is 0.321. The van der Waals surface area contributed by atoms with Crippen LogP contribution in [0.15, 0.2) is 59.5 Å². The van der Waals surface area contributed by atoms with E-state index in [0.29, 0.717) is 12.4 Å². The van der Waals surface area contributed by atoms with Crippen molar-refractivity contribution in [3.8, 4) is 5.75 Å². The molecule has 0 aromatic heterocycles. The quantitative estimate of drug-likeness (QED) is 0.658. The molecule has 0 bridgehead atoms. The van der Waals surface area contributed by atoms with Gasteiger partial charge < -0.3 is 10.1 Å². The highest BCUT2D eigenvalue weighted by Gasteiger charge is 2.28. The van der Waals surface area contributed by atoms with Gasteiger partial charge in [-0.05, 0) is 56.0 Å². The zero-order valence-corrected chi connectivity index (χ0v) is 17.5. The van der Waals surface area contributed by atoms with Crippen molar-refractivity contribution in [2.45, 2.75) is 56.0 Å². The Morgan fingerprint density at radius 2 is 1.72 bits per heavy atom. The van der Waals surface area contributed by atoms with Crippen LogP contribution < -0.4 is 14.8 Å². The third-order valence-corrected chi connectivity index (χ3v) is 6.53. The monoisotopic (exact) mass is 416 g/mol. The SMILES string of the molecule is CCOc1ccc(S(=O)(=O)NC(Cc2ccccc2)C(=O)NC2CCCC2)cc1. The number of carbonyl (C=O) groups excluding carboxylic acids is 1. The number of hydrogen-bond acceptors (Lipinski definition) is 4. The first-order chi connectivity index (χ1) is 14.0. The molecule has 0 heterocycles. The van der Waals surface area contributed by atoms with Crippen molar-refractivity contribution in [3.05, 3.63) is 60.2 Å². The Kier molecular flexibility index (Phi) is 7.28. The first-order valence-electron chi connectivity index (χ1n) is 10.1.